The highest BCUT2D eigenvalue weighted by Gasteiger charge is 2.13. The molecule has 16 heavy (non-hydrogen) atoms. The summed E-state index contributed by atoms with van der Waals surface area (Å²) < 4.78 is 0. The van der Waals surface area contributed by atoms with Gasteiger partial charge in [0.15, 0.2) is 5.82 Å². The maximum absolute atomic E-state index is 11.9. The molecule has 0 saturated carbocycles. The zero-order valence-electron chi connectivity index (χ0n) is 9.33. The standard InChI is InChI=1S/C10H15ClN4O/c1-3-4-15(2)10(16)7-5-8(11)9(14-12)13-6-7/h5-6H,3-4,12H2,1-2H3,(H,13,14). The van der Waals surface area contributed by atoms with Crippen molar-refractivity contribution >= 4 is 23.3 Å². The van der Waals surface area contributed by atoms with E-state index in [1.807, 2.05) is 6.92 Å². The van der Waals surface area contributed by atoms with Crippen LogP contribution in [-0.2, 0) is 0 Å². The SMILES string of the molecule is CCCN(C)C(=O)c1cnc(NN)c(Cl)c1. The van der Waals surface area contributed by atoms with E-state index in [4.69, 9.17) is 17.4 Å². The molecule has 5 nitrogen and oxygen atoms in total. The number of nitrogen functional groups attached to an aromatic ring is 1. The Morgan fingerprint density at radius 2 is 2.38 bits per heavy atom. The zero-order valence-corrected chi connectivity index (χ0v) is 10.1. The molecule has 1 aromatic heterocycles. The van der Waals surface area contributed by atoms with E-state index < -0.39 is 0 Å². The molecule has 0 atom stereocenters. The van der Waals surface area contributed by atoms with Gasteiger partial charge in [-0.1, -0.05) is 18.5 Å². The molecular weight excluding hydrogens is 228 g/mol. The molecule has 1 amide bonds. The lowest BCUT2D eigenvalue weighted by atomic mass is 10.2. The zero-order chi connectivity index (χ0) is 12.1. The van der Waals surface area contributed by atoms with Crippen LogP contribution in [0.25, 0.3) is 0 Å². The lowest BCUT2D eigenvalue weighted by molar-refractivity contribution is 0.0795. The fourth-order valence-corrected chi connectivity index (χ4v) is 1.54. The summed E-state index contributed by atoms with van der Waals surface area (Å²) >= 11 is 5.88. The molecule has 0 aliphatic carbocycles. The molecule has 3 N–H and O–H groups in total. The predicted octanol–water partition coefficient (Wildman–Crippen LogP) is 1.50. The average Bonchev–Trinajstić information content (AvgIpc) is 2.28. The number of rotatable bonds is 4. The first-order valence-electron chi connectivity index (χ1n) is 4.97. The summed E-state index contributed by atoms with van der Waals surface area (Å²) in [4.78, 5) is 17.4. The van der Waals surface area contributed by atoms with E-state index in [1.54, 1.807) is 18.0 Å². The number of aromatic nitrogens is 1. The lowest BCUT2D eigenvalue weighted by Crippen LogP contribution is -2.27. The van der Waals surface area contributed by atoms with Gasteiger partial charge in [-0.25, -0.2) is 10.8 Å². The first-order valence-corrected chi connectivity index (χ1v) is 5.35. The van der Waals surface area contributed by atoms with Crippen LogP contribution >= 0.6 is 11.6 Å². The molecule has 0 bridgehead atoms. The fourth-order valence-electron chi connectivity index (χ4n) is 1.32. The number of hydrogen-bond donors (Lipinski definition) is 2. The first-order chi connectivity index (χ1) is 7.60. The van der Waals surface area contributed by atoms with Gasteiger partial charge in [-0.2, -0.15) is 0 Å². The van der Waals surface area contributed by atoms with Crippen molar-refractivity contribution in [1.29, 1.82) is 0 Å². The third-order valence-electron chi connectivity index (χ3n) is 2.13. The van der Waals surface area contributed by atoms with E-state index in [-0.39, 0.29) is 5.91 Å². The van der Waals surface area contributed by atoms with Crippen LogP contribution in [0.5, 0.6) is 0 Å². The van der Waals surface area contributed by atoms with Crippen LogP contribution in [-0.4, -0.2) is 29.4 Å². The van der Waals surface area contributed by atoms with E-state index in [2.05, 4.69) is 10.4 Å². The van der Waals surface area contributed by atoms with Crippen molar-refractivity contribution in [2.45, 2.75) is 13.3 Å². The van der Waals surface area contributed by atoms with E-state index in [0.29, 0.717) is 22.9 Å². The van der Waals surface area contributed by atoms with Gasteiger partial charge in [0.2, 0.25) is 0 Å². The number of carbonyl (C=O) groups excluding carboxylic acids is 1. The minimum Gasteiger partial charge on any atom is -0.342 e. The lowest BCUT2D eigenvalue weighted by Gasteiger charge is -2.16. The van der Waals surface area contributed by atoms with Gasteiger partial charge in [0.25, 0.3) is 5.91 Å². The first kappa shape index (κ1) is 12.7. The monoisotopic (exact) mass is 242 g/mol. The number of halogens is 1. The highest BCUT2D eigenvalue weighted by molar-refractivity contribution is 6.33. The number of nitrogens with two attached hydrogens (primary N) is 1. The highest BCUT2D eigenvalue weighted by Crippen LogP contribution is 2.19. The van der Waals surface area contributed by atoms with Crippen LogP contribution in [0.1, 0.15) is 23.7 Å². The average molecular weight is 243 g/mol. The van der Waals surface area contributed by atoms with Gasteiger partial charge in [0.05, 0.1) is 10.6 Å². The van der Waals surface area contributed by atoms with Crippen LogP contribution < -0.4 is 11.3 Å². The highest BCUT2D eigenvalue weighted by atomic mass is 35.5. The van der Waals surface area contributed by atoms with Gasteiger partial charge in [0.1, 0.15) is 0 Å². The summed E-state index contributed by atoms with van der Waals surface area (Å²) in [7, 11) is 1.74. The van der Waals surface area contributed by atoms with Crippen molar-refractivity contribution < 1.29 is 4.79 Å². The molecule has 1 aromatic rings. The molecule has 0 radical (unpaired) electrons. The van der Waals surface area contributed by atoms with Crippen molar-refractivity contribution in [3.63, 3.8) is 0 Å². The molecule has 0 saturated heterocycles. The van der Waals surface area contributed by atoms with Crippen molar-refractivity contribution in [3.05, 3.63) is 22.8 Å². The minimum atomic E-state index is -0.0974. The number of nitrogens with one attached hydrogen (secondary N) is 1. The van der Waals surface area contributed by atoms with Gasteiger partial charge in [0, 0.05) is 19.8 Å². The maximum atomic E-state index is 11.9. The summed E-state index contributed by atoms with van der Waals surface area (Å²) in [6.45, 7) is 2.71. The Morgan fingerprint density at radius 3 is 2.88 bits per heavy atom. The summed E-state index contributed by atoms with van der Waals surface area (Å²) in [5.41, 5.74) is 2.81. The third-order valence-corrected chi connectivity index (χ3v) is 2.42. The number of pyridine rings is 1. The van der Waals surface area contributed by atoms with E-state index in [9.17, 15) is 4.79 Å². The molecule has 0 fully saturated rings. The van der Waals surface area contributed by atoms with Gasteiger partial charge < -0.3 is 10.3 Å². The second-order valence-corrected chi connectivity index (χ2v) is 3.83. The maximum Gasteiger partial charge on any atom is 0.255 e. The van der Waals surface area contributed by atoms with E-state index in [1.165, 1.54) is 6.20 Å². The number of carbonyl (C=O) groups is 1. The number of anilines is 1. The number of hydrogen-bond acceptors (Lipinski definition) is 4. The summed E-state index contributed by atoms with van der Waals surface area (Å²) in [6.07, 6.45) is 2.36. The quantitative estimate of drug-likeness (QED) is 0.620. The van der Waals surface area contributed by atoms with E-state index in [0.717, 1.165) is 6.42 Å². The predicted molar refractivity (Wildman–Crippen MR) is 64.3 cm³/mol. The largest absolute Gasteiger partial charge is 0.342 e. The van der Waals surface area contributed by atoms with Crippen molar-refractivity contribution in [2.75, 3.05) is 19.0 Å². The summed E-state index contributed by atoms with van der Waals surface area (Å²) in [5, 5.41) is 0.332. The van der Waals surface area contributed by atoms with Crippen LogP contribution in [0, 0.1) is 0 Å². The molecule has 88 valence electrons. The Kier molecular flexibility index (Phi) is 4.52. The second-order valence-electron chi connectivity index (χ2n) is 3.43. The van der Waals surface area contributed by atoms with Crippen LogP contribution in [0.15, 0.2) is 12.3 Å². The Bertz CT molecular complexity index is 383. The Labute approximate surface area is 99.6 Å². The topological polar surface area (TPSA) is 71.2 Å². The molecule has 0 aliphatic heterocycles. The summed E-state index contributed by atoms with van der Waals surface area (Å²) in [6, 6.07) is 1.55. The van der Waals surface area contributed by atoms with Crippen LogP contribution in [0.4, 0.5) is 5.82 Å². The molecule has 6 heteroatoms. The van der Waals surface area contributed by atoms with Crippen molar-refractivity contribution in [1.82, 2.24) is 9.88 Å². The molecule has 0 unspecified atom stereocenters. The summed E-state index contributed by atoms with van der Waals surface area (Å²) in [5.74, 6) is 5.45. The normalized spacial score (nSPS) is 10.0. The fraction of sp³-hybridized carbons (Fsp3) is 0.400. The van der Waals surface area contributed by atoms with Gasteiger partial charge >= 0.3 is 0 Å². The van der Waals surface area contributed by atoms with Crippen molar-refractivity contribution in [3.8, 4) is 0 Å². The number of nitrogens with zero attached hydrogens (tertiary/aromatic N) is 2. The van der Waals surface area contributed by atoms with Crippen LogP contribution in [0.2, 0.25) is 5.02 Å². The van der Waals surface area contributed by atoms with Crippen LogP contribution in [0.3, 0.4) is 0 Å². The second kappa shape index (κ2) is 5.67. The number of hydrazine groups is 1. The van der Waals surface area contributed by atoms with Gasteiger partial charge in [-0.3, -0.25) is 4.79 Å². The van der Waals surface area contributed by atoms with Gasteiger partial charge in [-0.05, 0) is 12.5 Å². The molecule has 0 aliphatic rings. The Balaban J connectivity index is 2.88. The minimum absolute atomic E-state index is 0.0974. The van der Waals surface area contributed by atoms with Crippen molar-refractivity contribution in [2.24, 2.45) is 5.84 Å². The van der Waals surface area contributed by atoms with E-state index >= 15 is 0 Å². The Morgan fingerprint density at radius 1 is 1.69 bits per heavy atom. The third kappa shape index (κ3) is 2.84. The van der Waals surface area contributed by atoms with Gasteiger partial charge in [-0.15, -0.1) is 0 Å². The molecule has 0 spiro atoms. The molecule has 0 aromatic carbocycles. The molecule has 1 rings (SSSR count). The Hall–Kier alpha value is -1.33. The smallest absolute Gasteiger partial charge is 0.255 e. The molecular formula is C10H15ClN4O. The number of amides is 1. The molecule has 1 heterocycles.